The van der Waals surface area contributed by atoms with E-state index in [0.29, 0.717) is 12.1 Å². The standard InChI is InChI=1S/C12H24N2O2/c1-5-13-11-6-10(12(15)16-4)7-14(8-11)9(2)3/h9-11,13H,5-8H2,1-4H3. The molecule has 1 rings (SSSR count). The van der Waals surface area contributed by atoms with Gasteiger partial charge in [-0.15, -0.1) is 0 Å². The van der Waals surface area contributed by atoms with Crippen molar-refractivity contribution in [1.82, 2.24) is 10.2 Å². The van der Waals surface area contributed by atoms with Crippen molar-refractivity contribution in [2.75, 3.05) is 26.7 Å². The summed E-state index contributed by atoms with van der Waals surface area (Å²) in [6.45, 7) is 9.24. The molecule has 0 spiro atoms. The van der Waals surface area contributed by atoms with Crippen LogP contribution in [-0.4, -0.2) is 49.7 Å². The van der Waals surface area contributed by atoms with E-state index in [-0.39, 0.29) is 11.9 Å². The molecule has 0 radical (unpaired) electrons. The highest BCUT2D eigenvalue weighted by molar-refractivity contribution is 5.72. The van der Waals surface area contributed by atoms with E-state index in [1.165, 1.54) is 7.11 Å². The number of esters is 1. The average molecular weight is 228 g/mol. The van der Waals surface area contributed by atoms with E-state index in [0.717, 1.165) is 26.1 Å². The first kappa shape index (κ1) is 13.5. The van der Waals surface area contributed by atoms with E-state index < -0.39 is 0 Å². The van der Waals surface area contributed by atoms with Crippen molar-refractivity contribution < 1.29 is 9.53 Å². The van der Waals surface area contributed by atoms with Gasteiger partial charge in [0.1, 0.15) is 0 Å². The molecule has 0 aromatic carbocycles. The molecule has 0 aliphatic carbocycles. The lowest BCUT2D eigenvalue weighted by Gasteiger charge is -2.39. The highest BCUT2D eigenvalue weighted by atomic mass is 16.5. The Kier molecular flexibility index (Phi) is 5.22. The van der Waals surface area contributed by atoms with Crippen LogP contribution in [0.5, 0.6) is 0 Å². The molecule has 1 aliphatic heterocycles. The molecule has 94 valence electrons. The van der Waals surface area contributed by atoms with Crippen LogP contribution in [0, 0.1) is 5.92 Å². The van der Waals surface area contributed by atoms with Crippen LogP contribution < -0.4 is 5.32 Å². The first-order chi connectivity index (χ1) is 7.58. The second-order valence-electron chi connectivity index (χ2n) is 4.76. The van der Waals surface area contributed by atoms with E-state index in [2.05, 4.69) is 31.0 Å². The fraction of sp³-hybridized carbons (Fsp3) is 0.917. The maximum Gasteiger partial charge on any atom is 0.310 e. The average Bonchev–Trinajstić information content (AvgIpc) is 2.28. The van der Waals surface area contributed by atoms with Gasteiger partial charge in [-0.1, -0.05) is 6.92 Å². The number of hydrogen-bond donors (Lipinski definition) is 1. The molecule has 0 amide bonds. The first-order valence-corrected chi connectivity index (χ1v) is 6.13. The molecule has 2 unspecified atom stereocenters. The number of methoxy groups -OCH3 is 1. The van der Waals surface area contributed by atoms with Crippen LogP contribution >= 0.6 is 0 Å². The topological polar surface area (TPSA) is 41.6 Å². The Balaban J connectivity index is 2.62. The molecule has 4 nitrogen and oxygen atoms in total. The first-order valence-electron chi connectivity index (χ1n) is 6.13. The number of carbonyl (C=O) groups is 1. The van der Waals surface area contributed by atoms with E-state index in [9.17, 15) is 4.79 Å². The summed E-state index contributed by atoms with van der Waals surface area (Å²) in [5, 5.41) is 3.43. The lowest BCUT2D eigenvalue weighted by atomic mass is 9.93. The Morgan fingerprint density at radius 2 is 2.19 bits per heavy atom. The number of hydrogen-bond acceptors (Lipinski definition) is 4. The number of rotatable bonds is 4. The smallest absolute Gasteiger partial charge is 0.310 e. The molecular formula is C12H24N2O2. The largest absolute Gasteiger partial charge is 0.469 e. The summed E-state index contributed by atoms with van der Waals surface area (Å²) < 4.78 is 4.85. The number of nitrogens with one attached hydrogen (secondary N) is 1. The van der Waals surface area contributed by atoms with Crippen LogP contribution in [0.3, 0.4) is 0 Å². The summed E-state index contributed by atoms with van der Waals surface area (Å²) in [6, 6.07) is 0.888. The zero-order valence-electron chi connectivity index (χ0n) is 10.8. The van der Waals surface area contributed by atoms with Crippen molar-refractivity contribution in [2.45, 2.75) is 39.3 Å². The zero-order chi connectivity index (χ0) is 12.1. The number of ether oxygens (including phenoxy) is 1. The highest BCUT2D eigenvalue weighted by Crippen LogP contribution is 2.20. The number of piperidine rings is 1. The van der Waals surface area contributed by atoms with Crippen LogP contribution in [0.4, 0.5) is 0 Å². The van der Waals surface area contributed by atoms with Gasteiger partial charge in [0.15, 0.2) is 0 Å². The van der Waals surface area contributed by atoms with Gasteiger partial charge in [-0.25, -0.2) is 0 Å². The summed E-state index contributed by atoms with van der Waals surface area (Å²) in [5.74, 6) is -0.0570. The molecule has 1 aliphatic rings. The maximum atomic E-state index is 11.6. The van der Waals surface area contributed by atoms with E-state index in [1.54, 1.807) is 0 Å². The molecule has 16 heavy (non-hydrogen) atoms. The molecule has 1 N–H and O–H groups in total. The summed E-state index contributed by atoms with van der Waals surface area (Å²) in [7, 11) is 1.47. The van der Waals surface area contributed by atoms with Crippen molar-refractivity contribution in [3.8, 4) is 0 Å². The van der Waals surface area contributed by atoms with Crippen molar-refractivity contribution in [1.29, 1.82) is 0 Å². The number of carbonyl (C=O) groups excluding carboxylic acids is 1. The van der Waals surface area contributed by atoms with Gasteiger partial charge in [-0.05, 0) is 26.8 Å². The molecule has 1 fully saturated rings. The number of likely N-dealkylation sites (N-methyl/N-ethyl adjacent to an activating group) is 1. The Morgan fingerprint density at radius 1 is 1.50 bits per heavy atom. The molecule has 0 aromatic rings. The van der Waals surface area contributed by atoms with Crippen molar-refractivity contribution in [3.05, 3.63) is 0 Å². The van der Waals surface area contributed by atoms with Crippen LogP contribution in [0.1, 0.15) is 27.2 Å². The molecule has 4 heteroatoms. The van der Waals surface area contributed by atoms with E-state index >= 15 is 0 Å². The predicted molar refractivity (Wildman–Crippen MR) is 64.3 cm³/mol. The van der Waals surface area contributed by atoms with Crippen molar-refractivity contribution in [3.63, 3.8) is 0 Å². The van der Waals surface area contributed by atoms with Gasteiger partial charge in [0.05, 0.1) is 13.0 Å². The van der Waals surface area contributed by atoms with Gasteiger partial charge in [-0.2, -0.15) is 0 Å². The monoisotopic (exact) mass is 228 g/mol. The minimum absolute atomic E-state index is 0.0187. The fourth-order valence-electron chi connectivity index (χ4n) is 2.33. The van der Waals surface area contributed by atoms with Gasteiger partial charge in [0.25, 0.3) is 0 Å². The Morgan fingerprint density at radius 3 is 2.69 bits per heavy atom. The minimum Gasteiger partial charge on any atom is -0.469 e. The Hall–Kier alpha value is -0.610. The zero-order valence-corrected chi connectivity index (χ0v) is 10.8. The molecule has 1 heterocycles. The second-order valence-corrected chi connectivity index (χ2v) is 4.76. The molecule has 2 atom stereocenters. The summed E-state index contributed by atoms with van der Waals surface area (Å²) >= 11 is 0. The van der Waals surface area contributed by atoms with Crippen LogP contribution in [0.2, 0.25) is 0 Å². The molecule has 0 bridgehead atoms. The summed E-state index contributed by atoms with van der Waals surface area (Å²) in [6.07, 6.45) is 0.893. The fourth-order valence-corrected chi connectivity index (χ4v) is 2.33. The molecule has 0 aromatic heterocycles. The lowest BCUT2D eigenvalue weighted by molar-refractivity contribution is -0.148. The van der Waals surface area contributed by atoms with Crippen LogP contribution in [0.15, 0.2) is 0 Å². The van der Waals surface area contributed by atoms with Crippen LogP contribution in [0.25, 0.3) is 0 Å². The third-order valence-corrected chi connectivity index (χ3v) is 3.24. The molecule has 0 saturated carbocycles. The summed E-state index contributed by atoms with van der Waals surface area (Å²) in [5.41, 5.74) is 0. The molecular weight excluding hydrogens is 204 g/mol. The quantitative estimate of drug-likeness (QED) is 0.725. The number of likely N-dealkylation sites (tertiary alicyclic amines) is 1. The Bertz CT molecular complexity index is 231. The predicted octanol–water partition coefficient (Wildman–Crippen LogP) is 0.868. The second kappa shape index (κ2) is 6.21. The third-order valence-electron chi connectivity index (χ3n) is 3.24. The summed E-state index contributed by atoms with van der Waals surface area (Å²) in [4.78, 5) is 14.0. The normalized spacial score (nSPS) is 27.1. The number of nitrogens with zero attached hydrogens (tertiary/aromatic N) is 1. The SMILES string of the molecule is CCNC1CC(C(=O)OC)CN(C(C)C)C1. The highest BCUT2D eigenvalue weighted by Gasteiger charge is 2.32. The molecule has 1 saturated heterocycles. The van der Waals surface area contributed by atoms with E-state index in [4.69, 9.17) is 4.74 Å². The van der Waals surface area contributed by atoms with Crippen LogP contribution in [-0.2, 0) is 9.53 Å². The van der Waals surface area contributed by atoms with Gasteiger partial charge in [0.2, 0.25) is 0 Å². The van der Waals surface area contributed by atoms with Gasteiger partial charge in [0, 0.05) is 25.2 Å². The van der Waals surface area contributed by atoms with Gasteiger partial charge < -0.3 is 10.1 Å². The third kappa shape index (κ3) is 3.46. The van der Waals surface area contributed by atoms with Gasteiger partial charge >= 0.3 is 5.97 Å². The Labute approximate surface area is 98.3 Å². The van der Waals surface area contributed by atoms with E-state index in [1.807, 2.05) is 0 Å². The minimum atomic E-state index is -0.0757. The maximum absolute atomic E-state index is 11.6. The lowest BCUT2D eigenvalue weighted by Crippen LogP contribution is -2.53. The van der Waals surface area contributed by atoms with Crippen molar-refractivity contribution >= 4 is 5.97 Å². The van der Waals surface area contributed by atoms with Gasteiger partial charge in [-0.3, -0.25) is 9.69 Å². The van der Waals surface area contributed by atoms with Crippen molar-refractivity contribution in [2.24, 2.45) is 5.92 Å².